The Morgan fingerprint density at radius 2 is 1.00 bits per heavy atom. The molecule has 350 valence electrons. The minimum atomic E-state index is -3.58. The summed E-state index contributed by atoms with van der Waals surface area (Å²) in [6.07, 6.45) is 1.09. The Bertz CT molecular complexity index is 2840. The minimum absolute atomic E-state index is 0.0347. The highest BCUT2D eigenvalue weighted by Crippen LogP contribution is 2.25. The second-order valence-corrected chi connectivity index (χ2v) is 17.5. The number of amides is 2. The van der Waals surface area contributed by atoms with E-state index in [1.807, 2.05) is 50.8 Å². The van der Waals surface area contributed by atoms with Crippen LogP contribution in [0.5, 0.6) is 0 Å². The second kappa shape index (κ2) is 20.3. The molecule has 2 aromatic carbocycles. The SMILES string of the molecule is CC(=O)N1CCN(c2cc(-n3nc(C)cc3C)nc(Nc3ccc(F)c(F)c3)n2)CC1.CC(=O)N1CCN(c2cc(-n3nc(C)cc3C)nc(S(C)(=O)=O)n2)CC1.Nc1ccc(F)c(F)c1. The van der Waals surface area contributed by atoms with Crippen LogP contribution in [-0.2, 0) is 19.4 Å². The average molecular weight is 935 g/mol. The number of piperazine rings is 2. The fourth-order valence-corrected chi connectivity index (χ4v) is 7.54. The molecule has 2 saturated heterocycles. The number of nitrogens with one attached hydrogen (secondary N) is 1. The van der Waals surface area contributed by atoms with Crippen LogP contribution in [0.25, 0.3) is 11.6 Å². The van der Waals surface area contributed by atoms with Gasteiger partial charge in [0.15, 0.2) is 34.9 Å². The number of carbonyl (C=O) groups is 2. The number of hydrogen-bond acceptors (Lipinski definition) is 14. The first-order chi connectivity index (χ1) is 31.1. The van der Waals surface area contributed by atoms with Crippen molar-refractivity contribution in [2.45, 2.75) is 46.7 Å². The van der Waals surface area contributed by atoms with Crippen molar-refractivity contribution >= 4 is 50.6 Å². The predicted octanol–water partition coefficient (Wildman–Crippen LogP) is 4.87. The first-order valence-electron chi connectivity index (χ1n) is 20.6. The molecule has 23 heteroatoms. The second-order valence-electron chi connectivity index (χ2n) is 15.6. The monoisotopic (exact) mass is 934 g/mol. The summed E-state index contributed by atoms with van der Waals surface area (Å²) in [5.74, 6) is -1.20. The van der Waals surface area contributed by atoms with Crippen molar-refractivity contribution in [3.05, 3.63) is 107 Å². The lowest BCUT2D eigenvalue weighted by molar-refractivity contribution is -0.129. The van der Waals surface area contributed by atoms with Crippen LogP contribution in [0.15, 0.2) is 65.8 Å². The van der Waals surface area contributed by atoms with Gasteiger partial charge in [-0.15, -0.1) is 0 Å². The number of hydrogen-bond donors (Lipinski definition) is 2. The third-order valence-electron chi connectivity index (χ3n) is 10.4. The van der Waals surface area contributed by atoms with Gasteiger partial charge in [-0.3, -0.25) is 9.59 Å². The topological polar surface area (TPSA) is 206 Å². The van der Waals surface area contributed by atoms with E-state index in [2.05, 4.69) is 40.3 Å². The molecule has 0 aliphatic carbocycles. The zero-order valence-electron chi connectivity index (χ0n) is 37.4. The van der Waals surface area contributed by atoms with Gasteiger partial charge in [0.05, 0.1) is 11.4 Å². The molecule has 4 aromatic heterocycles. The van der Waals surface area contributed by atoms with Gasteiger partial charge in [-0.25, -0.2) is 40.3 Å². The van der Waals surface area contributed by atoms with Crippen LogP contribution in [0.1, 0.15) is 36.6 Å². The zero-order valence-corrected chi connectivity index (χ0v) is 38.2. The largest absolute Gasteiger partial charge is 0.399 e. The molecule has 2 aliphatic rings. The lowest BCUT2D eigenvalue weighted by atomic mass is 10.3. The van der Waals surface area contributed by atoms with E-state index in [9.17, 15) is 35.6 Å². The van der Waals surface area contributed by atoms with E-state index >= 15 is 0 Å². The predicted molar refractivity (Wildman–Crippen MR) is 240 cm³/mol. The highest BCUT2D eigenvalue weighted by molar-refractivity contribution is 7.90. The summed E-state index contributed by atoms with van der Waals surface area (Å²) in [4.78, 5) is 48.3. The van der Waals surface area contributed by atoms with Crippen molar-refractivity contribution in [2.24, 2.45) is 0 Å². The van der Waals surface area contributed by atoms with E-state index in [4.69, 9.17) is 5.73 Å². The van der Waals surface area contributed by atoms with E-state index in [1.54, 1.807) is 39.1 Å². The van der Waals surface area contributed by atoms with E-state index in [0.29, 0.717) is 81.3 Å². The molecule has 3 N–H and O–H groups in total. The molecule has 0 radical (unpaired) electrons. The van der Waals surface area contributed by atoms with Crippen LogP contribution in [0.3, 0.4) is 0 Å². The standard InChI is InChI=1S/C21H23F2N7O.C16H22N6O3S.C6H5F2N/c1-13-10-14(2)30(27-13)20-12-19(29-8-6-28(7-9-29)15(3)31)25-21(26-20)24-16-4-5-17(22)18(23)11-16;1-11-9-12(2)22(19-11)15-10-14(17-16(18-15)26(4,24)25)21-7-5-20(6-8-21)13(3)23;7-5-2-1-4(9)3-6(5)8/h4-5,10-12H,6-9H2,1-3H3,(H,24,25,26);9-10H,5-8H2,1-4H3;1-3H,9H2. The van der Waals surface area contributed by atoms with Gasteiger partial charge in [0.25, 0.3) is 5.16 Å². The van der Waals surface area contributed by atoms with E-state index in [-0.39, 0.29) is 28.6 Å². The van der Waals surface area contributed by atoms with E-state index < -0.39 is 33.1 Å². The number of nitrogens with two attached hydrogens (primary N) is 1. The number of aryl methyl sites for hydroxylation is 4. The van der Waals surface area contributed by atoms with Crippen LogP contribution in [0.4, 0.5) is 46.5 Å². The Labute approximate surface area is 379 Å². The van der Waals surface area contributed by atoms with Gasteiger partial charge in [-0.2, -0.15) is 25.1 Å². The molecule has 0 saturated carbocycles. The Balaban J connectivity index is 0.000000186. The van der Waals surface area contributed by atoms with Crippen molar-refractivity contribution < 1.29 is 35.6 Å². The highest BCUT2D eigenvalue weighted by Gasteiger charge is 2.25. The molecule has 8 rings (SSSR count). The molecule has 66 heavy (non-hydrogen) atoms. The number of nitrogen functional groups attached to an aromatic ring is 1. The molecule has 0 bridgehead atoms. The van der Waals surface area contributed by atoms with Gasteiger partial charge in [0, 0.05) is 113 Å². The third-order valence-corrected chi connectivity index (χ3v) is 11.2. The maximum absolute atomic E-state index is 13.6. The number of rotatable bonds is 7. The molecule has 6 heterocycles. The molecule has 18 nitrogen and oxygen atoms in total. The van der Waals surface area contributed by atoms with Gasteiger partial charge >= 0.3 is 0 Å². The number of carbonyl (C=O) groups excluding carboxylic acids is 2. The smallest absolute Gasteiger partial charge is 0.250 e. The molecule has 2 fully saturated rings. The first-order valence-corrected chi connectivity index (χ1v) is 22.5. The summed E-state index contributed by atoms with van der Waals surface area (Å²) in [6, 6.07) is 14.2. The van der Waals surface area contributed by atoms with Crippen LogP contribution < -0.4 is 20.9 Å². The first kappa shape index (κ1) is 48.3. The van der Waals surface area contributed by atoms with Crippen molar-refractivity contribution in [3.8, 4) is 11.6 Å². The summed E-state index contributed by atoms with van der Waals surface area (Å²) in [6.45, 7) is 15.4. The van der Waals surface area contributed by atoms with Crippen molar-refractivity contribution in [1.82, 2.24) is 49.3 Å². The Kier molecular flexibility index (Phi) is 14.9. The Morgan fingerprint density at radius 3 is 1.41 bits per heavy atom. The van der Waals surface area contributed by atoms with Crippen LogP contribution in [0, 0.1) is 51.0 Å². The van der Waals surface area contributed by atoms with Gasteiger partial charge < -0.3 is 30.7 Å². The zero-order chi connectivity index (χ0) is 48.0. The summed E-state index contributed by atoms with van der Waals surface area (Å²) in [7, 11) is -3.58. The highest BCUT2D eigenvalue weighted by atomic mass is 32.2. The van der Waals surface area contributed by atoms with E-state index in [0.717, 1.165) is 53.3 Å². The molecule has 2 amide bonds. The average Bonchev–Trinajstić information content (AvgIpc) is 3.81. The quantitative estimate of drug-likeness (QED) is 0.125. The van der Waals surface area contributed by atoms with Crippen LogP contribution in [0.2, 0.25) is 0 Å². The Morgan fingerprint density at radius 1 is 0.576 bits per heavy atom. The van der Waals surface area contributed by atoms with E-state index in [1.165, 1.54) is 12.1 Å². The van der Waals surface area contributed by atoms with Crippen molar-refractivity contribution in [2.75, 3.05) is 79.5 Å². The summed E-state index contributed by atoms with van der Waals surface area (Å²) >= 11 is 0. The van der Waals surface area contributed by atoms with Gasteiger partial charge in [0.1, 0.15) is 11.6 Å². The van der Waals surface area contributed by atoms with Gasteiger partial charge in [0.2, 0.25) is 27.6 Å². The number of aromatic nitrogens is 8. The fourth-order valence-electron chi connectivity index (χ4n) is 7.02. The molecular formula is C43H50F4N14O4S. The summed E-state index contributed by atoms with van der Waals surface area (Å²) in [5, 5.41) is 11.6. The number of nitrogens with zero attached hydrogens (tertiary/aromatic N) is 12. The molecule has 2 aliphatic heterocycles. The van der Waals surface area contributed by atoms with Crippen LogP contribution >= 0.6 is 0 Å². The number of sulfone groups is 1. The molecule has 0 spiro atoms. The number of anilines is 5. The molecule has 0 unspecified atom stereocenters. The third kappa shape index (κ3) is 12.1. The fraction of sp³-hybridized carbons (Fsp3) is 0.349. The maximum atomic E-state index is 13.6. The minimum Gasteiger partial charge on any atom is -0.399 e. The van der Waals surface area contributed by atoms with Crippen molar-refractivity contribution in [1.29, 1.82) is 0 Å². The number of benzene rings is 2. The summed E-state index contributed by atoms with van der Waals surface area (Å²) < 4.78 is 78.6. The van der Waals surface area contributed by atoms with Crippen molar-refractivity contribution in [3.63, 3.8) is 0 Å². The molecule has 6 aromatic rings. The number of halogens is 4. The normalized spacial score (nSPS) is 14.0. The lowest BCUT2D eigenvalue weighted by Gasteiger charge is -2.35. The van der Waals surface area contributed by atoms with Crippen LogP contribution in [-0.4, -0.2) is 128 Å². The molecular weight excluding hydrogens is 885 g/mol. The summed E-state index contributed by atoms with van der Waals surface area (Å²) in [5.41, 5.74) is 9.11. The molecule has 0 atom stereocenters. The van der Waals surface area contributed by atoms with Gasteiger partial charge in [-0.1, -0.05) is 0 Å². The maximum Gasteiger partial charge on any atom is 0.250 e. The Hall–Kier alpha value is -7.17. The lowest BCUT2D eigenvalue weighted by Crippen LogP contribution is -2.48. The van der Waals surface area contributed by atoms with Gasteiger partial charge in [-0.05, 0) is 70.2 Å².